The van der Waals surface area contributed by atoms with Crippen LogP contribution in [0.3, 0.4) is 0 Å². The van der Waals surface area contributed by atoms with E-state index in [1.54, 1.807) is 51.1 Å². The molecule has 7 nitrogen and oxygen atoms in total. The zero-order chi connectivity index (χ0) is 19.5. The van der Waals surface area contributed by atoms with Crippen LogP contribution in [0.1, 0.15) is 37.6 Å². The Morgan fingerprint density at radius 1 is 1.19 bits per heavy atom. The maximum absolute atomic E-state index is 12.8. The Morgan fingerprint density at radius 2 is 1.81 bits per heavy atom. The smallest absolute Gasteiger partial charge is 0.329 e. The van der Waals surface area contributed by atoms with Gasteiger partial charge in [-0.05, 0) is 32.9 Å². The van der Waals surface area contributed by atoms with Gasteiger partial charge in [0, 0.05) is 18.0 Å². The molecule has 142 valence electrons. The fourth-order valence-corrected chi connectivity index (χ4v) is 3.09. The summed E-state index contributed by atoms with van der Waals surface area (Å²) < 4.78 is 10.1. The first kappa shape index (κ1) is 19.9. The molecule has 0 aromatic heterocycles. The van der Waals surface area contributed by atoms with Gasteiger partial charge in [-0.2, -0.15) is 0 Å². The number of carbonyl (C=O) groups is 3. The first-order valence-corrected chi connectivity index (χ1v) is 8.48. The third kappa shape index (κ3) is 4.60. The average Bonchev–Trinajstić information content (AvgIpc) is 2.89. The number of β-amino-alcohol motifs (C(OH)–C–C–N with tert-alkyl or cyclic N) is 1. The summed E-state index contributed by atoms with van der Waals surface area (Å²) in [4.78, 5) is 38.5. The van der Waals surface area contributed by atoms with Crippen LogP contribution in [0, 0.1) is 5.92 Å². The van der Waals surface area contributed by atoms with Crippen LogP contribution in [-0.4, -0.2) is 59.3 Å². The summed E-state index contributed by atoms with van der Waals surface area (Å²) in [7, 11) is 1.21. The minimum Gasteiger partial charge on any atom is -0.467 e. The van der Waals surface area contributed by atoms with E-state index in [0.717, 1.165) is 0 Å². The molecule has 1 aliphatic heterocycles. The fraction of sp³-hybridized carbons (Fsp3) is 0.526. The minimum atomic E-state index is -1.05. The van der Waals surface area contributed by atoms with E-state index in [4.69, 9.17) is 9.47 Å². The highest BCUT2D eigenvalue weighted by molar-refractivity contribution is 5.97. The van der Waals surface area contributed by atoms with Crippen molar-refractivity contribution in [2.75, 3.05) is 13.7 Å². The topological polar surface area (TPSA) is 93.1 Å². The predicted octanol–water partition coefficient (Wildman–Crippen LogP) is 1.39. The first-order chi connectivity index (χ1) is 12.1. The number of esters is 2. The number of carbonyl (C=O) groups excluding carboxylic acids is 3. The Kier molecular flexibility index (Phi) is 6.02. The number of methoxy groups -OCH3 is 1. The van der Waals surface area contributed by atoms with E-state index in [1.807, 2.05) is 0 Å². The summed E-state index contributed by atoms with van der Waals surface area (Å²) in [6.07, 6.45) is -1.21. The van der Waals surface area contributed by atoms with E-state index in [0.29, 0.717) is 5.56 Å². The number of aliphatic hydroxyl groups is 1. The van der Waals surface area contributed by atoms with Crippen LogP contribution >= 0.6 is 0 Å². The molecular formula is C19H25NO6. The van der Waals surface area contributed by atoms with E-state index in [1.165, 1.54) is 12.0 Å². The molecular weight excluding hydrogens is 338 g/mol. The lowest BCUT2D eigenvalue weighted by atomic mass is 9.94. The molecule has 3 atom stereocenters. The highest BCUT2D eigenvalue weighted by Gasteiger charge is 2.49. The monoisotopic (exact) mass is 363 g/mol. The van der Waals surface area contributed by atoms with Gasteiger partial charge in [-0.1, -0.05) is 18.2 Å². The normalized spacial score (nSPS) is 22.8. The summed E-state index contributed by atoms with van der Waals surface area (Å²) in [5.74, 6) is -2.39. The lowest BCUT2D eigenvalue weighted by molar-refractivity contribution is -0.158. The molecule has 1 aromatic rings. The molecule has 1 aromatic carbocycles. The van der Waals surface area contributed by atoms with Gasteiger partial charge in [0.15, 0.2) is 0 Å². The Morgan fingerprint density at radius 3 is 2.35 bits per heavy atom. The van der Waals surface area contributed by atoms with Crippen LogP contribution < -0.4 is 0 Å². The van der Waals surface area contributed by atoms with Crippen LogP contribution in [0.15, 0.2) is 30.3 Å². The van der Waals surface area contributed by atoms with Crippen molar-refractivity contribution in [3.8, 4) is 0 Å². The van der Waals surface area contributed by atoms with Crippen molar-refractivity contribution in [2.45, 2.75) is 44.9 Å². The molecule has 0 radical (unpaired) electrons. The van der Waals surface area contributed by atoms with Gasteiger partial charge in [-0.3, -0.25) is 9.59 Å². The van der Waals surface area contributed by atoms with E-state index in [2.05, 4.69) is 0 Å². The number of amides is 1. The second-order valence-electron chi connectivity index (χ2n) is 7.31. The second-order valence-corrected chi connectivity index (χ2v) is 7.31. The molecule has 26 heavy (non-hydrogen) atoms. The van der Waals surface area contributed by atoms with E-state index in [9.17, 15) is 19.5 Å². The van der Waals surface area contributed by atoms with Crippen molar-refractivity contribution in [1.29, 1.82) is 0 Å². The molecule has 7 heteroatoms. The predicted molar refractivity (Wildman–Crippen MR) is 93.2 cm³/mol. The Balaban J connectivity index is 2.24. The molecule has 1 amide bonds. The largest absolute Gasteiger partial charge is 0.467 e. The molecule has 0 saturated carbocycles. The molecule has 0 spiro atoms. The number of aliphatic hydroxyl groups excluding tert-OH is 1. The summed E-state index contributed by atoms with van der Waals surface area (Å²) in [6.45, 7) is 5.15. The van der Waals surface area contributed by atoms with Crippen molar-refractivity contribution in [2.24, 2.45) is 5.92 Å². The van der Waals surface area contributed by atoms with Crippen molar-refractivity contribution in [3.05, 3.63) is 35.9 Å². The molecule has 0 aliphatic carbocycles. The highest BCUT2D eigenvalue weighted by atomic mass is 16.6. The van der Waals surface area contributed by atoms with Gasteiger partial charge < -0.3 is 19.5 Å². The molecule has 1 aliphatic rings. The molecule has 0 bridgehead atoms. The van der Waals surface area contributed by atoms with Crippen molar-refractivity contribution >= 4 is 17.8 Å². The zero-order valence-electron chi connectivity index (χ0n) is 15.5. The Labute approximate surface area is 152 Å². The van der Waals surface area contributed by atoms with Crippen molar-refractivity contribution in [3.63, 3.8) is 0 Å². The van der Waals surface area contributed by atoms with E-state index in [-0.39, 0.29) is 13.0 Å². The average molecular weight is 363 g/mol. The number of nitrogens with zero attached hydrogens (tertiary/aromatic N) is 1. The van der Waals surface area contributed by atoms with Crippen LogP contribution in [0.4, 0.5) is 0 Å². The van der Waals surface area contributed by atoms with Gasteiger partial charge in [0.05, 0.1) is 19.6 Å². The summed E-state index contributed by atoms with van der Waals surface area (Å²) >= 11 is 0. The van der Waals surface area contributed by atoms with Crippen molar-refractivity contribution in [1.82, 2.24) is 4.90 Å². The maximum Gasteiger partial charge on any atom is 0.329 e. The van der Waals surface area contributed by atoms with Gasteiger partial charge in [0.1, 0.15) is 11.6 Å². The lowest BCUT2D eigenvalue weighted by Crippen LogP contribution is -2.44. The molecule has 1 fully saturated rings. The molecule has 2 rings (SSSR count). The number of rotatable bonds is 4. The molecule has 1 saturated heterocycles. The minimum absolute atomic E-state index is 0.0546. The maximum atomic E-state index is 12.8. The van der Waals surface area contributed by atoms with Crippen LogP contribution in [0.25, 0.3) is 0 Å². The summed E-state index contributed by atoms with van der Waals surface area (Å²) in [5, 5.41) is 10.4. The third-order valence-corrected chi connectivity index (χ3v) is 4.17. The molecule has 1 heterocycles. The number of likely N-dealkylation sites (tertiary alicyclic amines) is 1. The SMILES string of the molecule is COC(=O)[C@@H]1[C@@H](CC(=O)OC(C)(C)C)[C@H](O)CN1C(=O)c1ccccc1. The second kappa shape index (κ2) is 7.86. The van der Waals surface area contributed by atoms with Gasteiger partial charge in [0.25, 0.3) is 5.91 Å². The quantitative estimate of drug-likeness (QED) is 0.813. The zero-order valence-corrected chi connectivity index (χ0v) is 15.5. The van der Waals surface area contributed by atoms with Crippen molar-refractivity contribution < 1.29 is 29.0 Å². The number of benzene rings is 1. The highest BCUT2D eigenvalue weighted by Crippen LogP contribution is 2.31. The van der Waals surface area contributed by atoms with Gasteiger partial charge in [-0.15, -0.1) is 0 Å². The Bertz CT molecular complexity index is 666. The summed E-state index contributed by atoms with van der Waals surface area (Å²) in [5.41, 5.74) is -0.285. The third-order valence-electron chi connectivity index (χ3n) is 4.17. The molecule has 0 unspecified atom stereocenters. The van der Waals surface area contributed by atoms with Gasteiger partial charge >= 0.3 is 11.9 Å². The van der Waals surface area contributed by atoms with E-state index >= 15 is 0 Å². The van der Waals surface area contributed by atoms with E-state index < -0.39 is 41.5 Å². The van der Waals surface area contributed by atoms with Gasteiger partial charge in [-0.25, -0.2) is 4.79 Å². The number of ether oxygens (including phenoxy) is 2. The van der Waals surface area contributed by atoms with Crippen LogP contribution in [0.2, 0.25) is 0 Å². The fourth-order valence-electron chi connectivity index (χ4n) is 3.09. The lowest BCUT2D eigenvalue weighted by Gasteiger charge is -2.26. The van der Waals surface area contributed by atoms with Crippen LogP contribution in [0.5, 0.6) is 0 Å². The summed E-state index contributed by atoms with van der Waals surface area (Å²) in [6, 6.07) is 7.42. The van der Waals surface area contributed by atoms with Gasteiger partial charge in [0.2, 0.25) is 0 Å². The Hall–Kier alpha value is -2.41. The molecule has 1 N–H and O–H groups in total. The number of hydrogen-bond donors (Lipinski definition) is 1. The van der Waals surface area contributed by atoms with Crippen LogP contribution in [-0.2, 0) is 19.1 Å². The number of hydrogen-bond acceptors (Lipinski definition) is 6. The first-order valence-electron chi connectivity index (χ1n) is 8.48. The standard InChI is InChI=1S/C19H25NO6/c1-19(2,3)26-15(22)10-13-14(21)11-20(16(13)18(24)25-4)17(23)12-8-6-5-7-9-12/h5-9,13-14,16,21H,10-11H2,1-4H3/t13-,14+,16-/m0/s1.